The number of benzene rings is 2. The average molecular weight is 330 g/mol. The smallest absolute Gasteiger partial charge is 0.300 e. The fraction of sp³-hybridized carbons (Fsp3) is 0.316. The summed E-state index contributed by atoms with van der Waals surface area (Å²) in [6.07, 6.45) is 0. The molecule has 0 aliphatic carbocycles. The lowest BCUT2D eigenvalue weighted by molar-refractivity contribution is -0.134. The van der Waals surface area contributed by atoms with Crippen molar-refractivity contribution in [3.8, 4) is 5.75 Å². The van der Waals surface area contributed by atoms with Crippen LogP contribution < -0.4 is 0 Å². The third-order valence-corrected chi connectivity index (χ3v) is 3.58. The summed E-state index contributed by atoms with van der Waals surface area (Å²) in [6.45, 7) is 4.64. The van der Waals surface area contributed by atoms with E-state index in [0.717, 1.165) is 23.6 Å². The molecule has 5 nitrogen and oxygen atoms in total. The first kappa shape index (κ1) is 18.0. The lowest BCUT2D eigenvalue weighted by Crippen LogP contribution is -2.17. The molecule has 24 heavy (non-hydrogen) atoms. The number of carboxylic acid groups (broad SMARTS) is 1. The summed E-state index contributed by atoms with van der Waals surface area (Å²) < 4.78 is 11.3. The van der Waals surface area contributed by atoms with Gasteiger partial charge >= 0.3 is 0 Å². The number of rotatable bonds is 5. The van der Waals surface area contributed by atoms with Gasteiger partial charge in [-0.1, -0.05) is 42.5 Å². The average Bonchev–Trinajstić information content (AvgIpc) is 3.28. The molecule has 2 N–H and O–H groups in total. The summed E-state index contributed by atoms with van der Waals surface area (Å²) >= 11 is 0. The van der Waals surface area contributed by atoms with Crippen molar-refractivity contribution in [1.29, 1.82) is 0 Å². The number of aromatic hydroxyl groups is 1. The predicted octanol–water partition coefficient (Wildman–Crippen LogP) is 3.23. The molecule has 1 aliphatic heterocycles. The number of aryl methyl sites for hydroxylation is 1. The third kappa shape index (κ3) is 5.08. The van der Waals surface area contributed by atoms with Crippen molar-refractivity contribution in [2.75, 3.05) is 13.2 Å². The summed E-state index contributed by atoms with van der Waals surface area (Å²) in [5.74, 6) is -0.550. The quantitative estimate of drug-likeness (QED) is 0.823. The van der Waals surface area contributed by atoms with Gasteiger partial charge in [0.25, 0.3) is 5.97 Å². The van der Waals surface area contributed by atoms with Crippen LogP contribution in [0.25, 0.3) is 0 Å². The highest BCUT2D eigenvalue weighted by Gasteiger charge is 2.48. The number of carboxylic acids is 1. The molecular weight excluding hydrogens is 308 g/mol. The number of carbonyl (C=O) groups is 1. The minimum absolute atomic E-state index is 0.283. The molecule has 2 aromatic rings. The Morgan fingerprint density at radius 1 is 1.25 bits per heavy atom. The van der Waals surface area contributed by atoms with Crippen LogP contribution in [-0.4, -0.2) is 29.4 Å². The second kappa shape index (κ2) is 7.95. The fourth-order valence-corrected chi connectivity index (χ4v) is 2.34. The SMILES string of the molecule is CC(=O)O.Cc1ccc(C2(COCc3ccccc3)CO2)c(O)c1. The summed E-state index contributed by atoms with van der Waals surface area (Å²) in [7, 11) is 0. The molecule has 0 aromatic heterocycles. The van der Waals surface area contributed by atoms with Gasteiger partial charge in [0, 0.05) is 12.5 Å². The molecule has 1 heterocycles. The minimum atomic E-state index is -0.833. The Morgan fingerprint density at radius 2 is 1.88 bits per heavy atom. The van der Waals surface area contributed by atoms with Gasteiger partial charge in [-0.2, -0.15) is 0 Å². The third-order valence-electron chi connectivity index (χ3n) is 3.58. The van der Waals surface area contributed by atoms with E-state index in [1.807, 2.05) is 49.4 Å². The van der Waals surface area contributed by atoms with Crippen LogP contribution >= 0.6 is 0 Å². The van der Waals surface area contributed by atoms with Gasteiger partial charge < -0.3 is 19.7 Å². The Labute approximate surface area is 141 Å². The molecule has 0 spiro atoms. The maximum atomic E-state index is 10.0. The normalized spacial score (nSPS) is 18.4. The number of hydrogen-bond acceptors (Lipinski definition) is 4. The van der Waals surface area contributed by atoms with E-state index in [1.54, 1.807) is 6.07 Å². The van der Waals surface area contributed by atoms with Crippen LogP contribution in [0.4, 0.5) is 0 Å². The van der Waals surface area contributed by atoms with E-state index in [2.05, 4.69) is 0 Å². The van der Waals surface area contributed by atoms with Crippen molar-refractivity contribution < 1.29 is 24.5 Å². The van der Waals surface area contributed by atoms with Gasteiger partial charge in [0.2, 0.25) is 0 Å². The highest BCUT2D eigenvalue weighted by molar-refractivity contribution is 5.62. The van der Waals surface area contributed by atoms with Crippen LogP contribution in [0.1, 0.15) is 23.6 Å². The Bertz CT molecular complexity index is 673. The van der Waals surface area contributed by atoms with E-state index in [9.17, 15) is 5.11 Å². The van der Waals surface area contributed by atoms with Gasteiger partial charge in [0.1, 0.15) is 11.4 Å². The van der Waals surface area contributed by atoms with Crippen molar-refractivity contribution >= 4 is 5.97 Å². The van der Waals surface area contributed by atoms with Gasteiger partial charge in [0.15, 0.2) is 0 Å². The topological polar surface area (TPSA) is 79.3 Å². The fourth-order valence-electron chi connectivity index (χ4n) is 2.34. The molecule has 5 heteroatoms. The number of epoxide rings is 1. The molecular formula is C19H22O5. The largest absolute Gasteiger partial charge is 0.508 e. The number of phenols is 1. The molecule has 1 fully saturated rings. The monoisotopic (exact) mass is 330 g/mol. The second-order valence-electron chi connectivity index (χ2n) is 5.80. The van der Waals surface area contributed by atoms with E-state index in [0.29, 0.717) is 19.8 Å². The molecule has 2 aromatic carbocycles. The number of aliphatic carboxylic acids is 1. The van der Waals surface area contributed by atoms with Gasteiger partial charge in [-0.25, -0.2) is 0 Å². The van der Waals surface area contributed by atoms with E-state index in [-0.39, 0.29) is 5.75 Å². The first-order chi connectivity index (χ1) is 11.4. The van der Waals surface area contributed by atoms with Gasteiger partial charge in [-0.15, -0.1) is 0 Å². The Morgan fingerprint density at radius 3 is 2.42 bits per heavy atom. The number of ether oxygens (including phenoxy) is 2. The minimum Gasteiger partial charge on any atom is -0.508 e. The van der Waals surface area contributed by atoms with Crippen LogP contribution in [0, 0.1) is 6.92 Å². The summed E-state index contributed by atoms with van der Waals surface area (Å²) in [5, 5.41) is 17.5. The first-order valence-corrected chi connectivity index (χ1v) is 7.68. The lowest BCUT2D eigenvalue weighted by Gasteiger charge is -2.15. The van der Waals surface area contributed by atoms with E-state index >= 15 is 0 Å². The van der Waals surface area contributed by atoms with Gasteiger partial charge in [-0.3, -0.25) is 4.79 Å². The maximum Gasteiger partial charge on any atom is 0.300 e. The summed E-state index contributed by atoms with van der Waals surface area (Å²) in [6, 6.07) is 15.7. The Kier molecular flexibility index (Phi) is 5.95. The summed E-state index contributed by atoms with van der Waals surface area (Å²) in [5.41, 5.74) is 2.52. The van der Waals surface area contributed by atoms with E-state index < -0.39 is 11.6 Å². The zero-order valence-electron chi connectivity index (χ0n) is 13.9. The molecule has 1 atom stereocenters. The summed E-state index contributed by atoms with van der Waals surface area (Å²) in [4.78, 5) is 9.00. The molecule has 3 rings (SSSR count). The molecule has 0 bridgehead atoms. The highest BCUT2D eigenvalue weighted by Crippen LogP contribution is 2.43. The first-order valence-electron chi connectivity index (χ1n) is 7.68. The Hall–Kier alpha value is -2.37. The molecule has 0 amide bonds. The van der Waals surface area contributed by atoms with Crippen molar-refractivity contribution in [1.82, 2.24) is 0 Å². The van der Waals surface area contributed by atoms with Crippen LogP contribution in [0.3, 0.4) is 0 Å². The molecule has 1 unspecified atom stereocenters. The Balaban J connectivity index is 0.000000471. The molecule has 128 valence electrons. The highest BCUT2D eigenvalue weighted by atomic mass is 16.6. The molecule has 1 aliphatic rings. The van der Waals surface area contributed by atoms with Crippen molar-refractivity contribution in [3.63, 3.8) is 0 Å². The van der Waals surface area contributed by atoms with Crippen LogP contribution in [0.5, 0.6) is 5.75 Å². The maximum absolute atomic E-state index is 10.0. The van der Waals surface area contributed by atoms with Crippen molar-refractivity contribution in [2.24, 2.45) is 0 Å². The number of hydrogen-bond donors (Lipinski definition) is 2. The van der Waals surface area contributed by atoms with E-state index in [4.69, 9.17) is 19.4 Å². The molecule has 0 radical (unpaired) electrons. The van der Waals surface area contributed by atoms with E-state index in [1.165, 1.54) is 0 Å². The lowest BCUT2D eigenvalue weighted by atomic mass is 9.98. The second-order valence-corrected chi connectivity index (χ2v) is 5.80. The predicted molar refractivity (Wildman–Crippen MR) is 89.9 cm³/mol. The van der Waals surface area contributed by atoms with Crippen LogP contribution in [0.2, 0.25) is 0 Å². The van der Waals surface area contributed by atoms with Gasteiger partial charge in [0.05, 0.1) is 19.8 Å². The van der Waals surface area contributed by atoms with Crippen molar-refractivity contribution in [3.05, 3.63) is 65.2 Å². The van der Waals surface area contributed by atoms with Gasteiger partial charge in [-0.05, 0) is 24.1 Å². The molecule has 1 saturated heterocycles. The van der Waals surface area contributed by atoms with Crippen LogP contribution in [-0.2, 0) is 26.5 Å². The number of phenolic OH excluding ortho intramolecular Hbond substituents is 1. The zero-order chi connectivity index (χ0) is 17.6. The molecule has 0 saturated carbocycles. The standard InChI is InChI=1S/C17H18O3.C2H4O2/c1-13-7-8-15(16(18)9-13)17(12-20-17)11-19-10-14-5-3-2-4-6-14;1-2(3)4/h2-9,18H,10-12H2,1H3;1H3,(H,3,4). The van der Waals surface area contributed by atoms with Crippen molar-refractivity contribution in [2.45, 2.75) is 26.1 Å². The van der Waals surface area contributed by atoms with Crippen LogP contribution in [0.15, 0.2) is 48.5 Å². The zero-order valence-corrected chi connectivity index (χ0v) is 13.9.